The lowest BCUT2D eigenvalue weighted by molar-refractivity contribution is 0.0421. The van der Waals surface area contributed by atoms with E-state index in [1.807, 2.05) is 18.2 Å². The molecule has 1 rings (SSSR count). The predicted octanol–water partition coefficient (Wildman–Crippen LogP) is 0.903. The Morgan fingerprint density at radius 2 is 2.07 bits per heavy atom. The summed E-state index contributed by atoms with van der Waals surface area (Å²) >= 11 is 0. The van der Waals surface area contributed by atoms with Crippen LogP contribution in [0.2, 0.25) is 0 Å². The van der Waals surface area contributed by atoms with Crippen LogP contribution in [-0.4, -0.2) is 37.7 Å². The molecule has 0 unspecified atom stereocenters. The fourth-order valence-electron chi connectivity index (χ4n) is 1.33. The maximum absolute atomic E-state index is 5.84. The van der Waals surface area contributed by atoms with E-state index in [4.69, 9.17) is 10.5 Å². The molecule has 0 atom stereocenters. The lowest BCUT2D eigenvalue weighted by atomic mass is 10.3. The average Bonchev–Trinajstić information content (AvgIpc) is 2.20. The fraction of sp³-hybridized carbons (Fsp3) is 0.455. The van der Waals surface area contributed by atoms with E-state index >= 15 is 0 Å². The van der Waals surface area contributed by atoms with E-state index in [0.29, 0.717) is 0 Å². The Bertz CT molecular complexity index is 227. The molecule has 3 nitrogen and oxygen atoms in total. The number of rotatable bonds is 4. The van der Waals surface area contributed by atoms with Crippen LogP contribution in [0, 0.1) is 0 Å². The van der Waals surface area contributed by atoms with Crippen molar-refractivity contribution in [1.29, 1.82) is 0 Å². The molecule has 1 saturated heterocycles. The largest absolute Gasteiger partial charge is 0.401 e. The summed E-state index contributed by atoms with van der Waals surface area (Å²) in [5.74, 6) is 0. The van der Waals surface area contributed by atoms with Gasteiger partial charge in [-0.1, -0.05) is 24.8 Å². The Balaban J connectivity index is 2.30. The molecular weight excluding hydrogens is 176 g/mol. The van der Waals surface area contributed by atoms with Gasteiger partial charge in [0.25, 0.3) is 0 Å². The summed E-state index contributed by atoms with van der Waals surface area (Å²) in [6.45, 7) is 7.99. The van der Waals surface area contributed by atoms with Gasteiger partial charge < -0.3 is 10.5 Å². The highest BCUT2D eigenvalue weighted by Crippen LogP contribution is 1.99. The molecule has 0 aromatic rings. The molecule has 0 radical (unpaired) electrons. The van der Waals surface area contributed by atoms with Gasteiger partial charge in [-0.3, -0.25) is 4.90 Å². The topological polar surface area (TPSA) is 38.5 Å². The van der Waals surface area contributed by atoms with Crippen LogP contribution in [0.4, 0.5) is 0 Å². The number of hydrogen-bond acceptors (Lipinski definition) is 3. The van der Waals surface area contributed by atoms with Crippen LogP contribution in [0.3, 0.4) is 0 Å². The molecule has 78 valence electrons. The van der Waals surface area contributed by atoms with E-state index in [-0.39, 0.29) is 0 Å². The second-order valence-corrected chi connectivity index (χ2v) is 3.25. The summed E-state index contributed by atoms with van der Waals surface area (Å²) in [4.78, 5) is 2.29. The van der Waals surface area contributed by atoms with E-state index in [2.05, 4.69) is 11.5 Å². The minimum Gasteiger partial charge on any atom is -0.401 e. The van der Waals surface area contributed by atoms with Crippen molar-refractivity contribution in [3.63, 3.8) is 0 Å². The molecule has 3 heteroatoms. The molecule has 0 spiro atoms. The molecule has 1 aliphatic rings. The highest BCUT2D eigenvalue weighted by molar-refractivity contribution is 5.14. The average molecular weight is 194 g/mol. The van der Waals surface area contributed by atoms with Crippen molar-refractivity contribution in [3.8, 4) is 0 Å². The Morgan fingerprint density at radius 1 is 1.36 bits per heavy atom. The first-order valence-electron chi connectivity index (χ1n) is 4.87. The van der Waals surface area contributed by atoms with Crippen LogP contribution in [0.15, 0.2) is 36.6 Å². The summed E-state index contributed by atoms with van der Waals surface area (Å²) in [7, 11) is 0. The summed E-state index contributed by atoms with van der Waals surface area (Å²) in [6.07, 6.45) is 7.42. The number of nitrogens with two attached hydrogens (primary N) is 1. The van der Waals surface area contributed by atoms with Crippen molar-refractivity contribution in [2.45, 2.75) is 0 Å². The van der Waals surface area contributed by atoms with E-state index in [1.165, 1.54) is 0 Å². The van der Waals surface area contributed by atoms with Gasteiger partial charge in [-0.05, 0) is 6.08 Å². The van der Waals surface area contributed by atoms with Crippen LogP contribution in [-0.2, 0) is 4.74 Å². The van der Waals surface area contributed by atoms with Gasteiger partial charge in [0.05, 0.1) is 13.2 Å². The van der Waals surface area contributed by atoms with Crippen LogP contribution < -0.4 is 5.73 Å². The molecular formula is C11H18N2O. The highest BCUT2D eigenvalue weighted by atomic mass is 16.5. The van der Waals surface area contributed by atoms with Gasteiger partial charge in [0.1, 0.15) is 0 Å². The predicted molar refractivity (Wildman–Crippen MR) is 58.9 cm³/mol. The number of ether oxygens (including phenoxy) is 1. The highest BCUT2D eigenvalue weighted by Gasteiger charge is 2.09. The molecule has 0 aliphatic carbocycles. The summed E-state index contributed by atoms with van der Waals surface area (Å²) in [6, 6.07) is 0. The van der Waals surface area contributed by atoms with Crippen LogP contribution >= 0.6 is 0 Å². The monoisotopic (exact) mass is 194 g/mol. The van der Waals surface area contributed by atoms with Gasteiger partial charge in [-0.25, -0.2) is 0 Å². The fourth-order valence-corrected chi connectivity index (χ4v) is 1.33. The molecule has 1 aliphatic heterocycles. The van der Waals surface area contributed by atoms with Crippen molar-refractivity contribution < 1.29 is 4.74 Å². The molecule has 2 N–H and O–H groups in total. The van der Waals surface area contributed by atoms with Crippen LogP contribution in [0.1, 0.15) is 0 Å². The van der Waals surface area contributed by atoms with Crippen LogP contribution in [0.5, 0.6) is 0 Å². The summed E-state index contributed by atoms with van der Waals surface area (Å²) < 4.78 is 5.25. The molecule has 0 bridgehead atoms. The van der Waals surface area contributed by atoms with Gasteiger partial charge in [0.15, 0.2) is 0 Å². The van der Waals surface area contributed by atoms with Gasteiger partial charge in [-0.15, -0.1) is 0 Å². The smallest absolute Gasteiger partial charge is 0.0594 e. The van der Waals surface area contributed by atoms with Crippen molar-refractivity contribution in [2.75, 3.05) is 32.8 Å². The third kappa shape index (κ3) is 4.25. The second kappa shape index (κ2) is 6.40. The van der Waals surface area contributed by atoms with Gasteiger partial charge in [0, 0.05) is 25.3 Å². The first kappa shape index (κ1) is 11.0. The molecule has 1 heterocycles. The number of morpholine rings is 1. The first-order valence-corrected chi connectivity index (χ1v) is 4.87. The van der Waals surface area contributed by atoms with Crippen molar-refractivity contribution in [3.05, 3.63) is 36.6 Å². The number of allylic oxidation sites excluding steroid dienone is 4. The maximum atomic E-state index is 5.84. The van der Waals surface area contributed by atoms with Crippen molar-refractivity contribution in [1.82, 2.24) is 4.90 Å². The number of hydrogen-bond donors (Lipinski definition) is 1. The lowest BCUT2D eigenvalue weighted by Gasteiger charge is -2.26. The third-order valence-electron chi connectivity index (χ3n) is 2.07. The quantitative estimate of drug-likeness (QED) is 0.676. The summed E-state index contributed by atoms with van der Waals surface area (Å²) in [5, 5.41) is 0. The molecule has 0 aromatic heterocycles. The Kier molecular flexibility index (Phi) is 5.04. The van der Waals surface area contributed by atoms with Gasteiger partial charge >= 0.3 is 0 Å². The zero-order chi connectivity index (χ0) is 10.2. The SMILES string of the molecule is C=C/C=C\C=C(/N)CN1CCOCC1. The van der Waals surface area contributed by atoms with Gasteiger partial charge in [0.2, 0.25) is 0 Å². The normalized spacial score (nSPS) is 20.1. The first-order chi connectivity index (χ1) is 6.83. The van der Waals surface area contributed by atoms with Crippen molar-refractivity contribution >= 4 is 0 Å². The molecule has 0 aromatic carbocycles. The van der Waals surface area contributed by atoms with Crippen LogP contribution in [0.25, 0.3) is 0 Å². The molecule has 0 saturated carbocycles. The molecule has 14 heavy (non-hydrogen) atoms. The molecule has 0 amide bonds. The molecule has 1 fully saturated rings. The zero-order valence-corrected chi connectivity index (χ0v) is 8.48. The number of nitrogens with zero attached hydrogens (tertiary/aromatic N) is 1. The third-order valence-corrected chi connectivity index (χ3v) is 2.07. The maximum Gasteiger partial charge on any atom is 0.0594 e. The Hall–Kier alpha value is -1.06. The van der Waals surface area contributed by atoms with E-state index in [0.717, 1.165) is 38.5 Å². The van der Waals surface area contributed by atoms with E-state index < -0.39 is 0 Å². The standard InChI is InChI=1S/C11H18N2O/c1-2-3-4-5-11(12)10-13-6-8-14-9-7-13/h2-5H,1,6-10,12H2/b4-3-,11-5-. The Morgan fingerprint density at radius 3 is 2.71 bits per heavy atom. The van der Waals surface area contributed by atoms with Gasteiger partial charge in [-0.2, -0.15) is 0 Å². The minimum atomic E-state index is 0.815. The van der Waals surface area contributed by atoms with Crippen molar-refractivity contribution in [2.24, 2.45) is 5.73 Å². The van der Waals surface area contributed by atoms with E-state index in [9.17, 15) is 0 Å². The minimum absolute atomic E-state index is 0.815. The lowest BCUT2D eigenvalue weighted by Crippen LogP contribution is -2.38. The Labute approximate surface area is 85.5 Å². The zero-order valence-electron chi connectivity index (χ0n) is 8.48. The summed E-state index contributed by atoms with van der Waals surface area (Å²) in [5.41, 5.74) is 6.72. The second-order valence-electron chi connectivity index (χ2n) is 3.25. The van der Waals surface area contributed by atoms with E-state index in [1.54, 1.807) is 6.08 Å².